The van der Waals surface area contributed by atoms with Crippen LogP contribution in [0.4, 0.5) is 5.69 Å². The van der Waals surface area contributed by atoms with E-state index in [9.17, 15) is 0 Å². The van der Waals surface area contributed by atoms with Gasteiger partial charge in [-0.3, -0.25) is 0 Å². The summed E-state index contributed by atoms with van der Waals surface area (Å²) in [6.07, 6.45) is 5.98. The van der Waals surface area contributed by atoms with Gasteiger partial charge in [0.2, 0.25) is 0 Å². The van der Waals surface area contributed by atoms with Crippen LogP contribution in [0.15, 0.2) is 18.3 Å². The smallest absolute Gasteiger partial charge is 0.140 e. The average Bonchev–Trinajstić information content (AvgIpc) is 2.92. The molecule has 0 unspecified atom stereocenters. The first-order valence-electron chi connectivity index (χ1n) is 5.63. The Hall–Kier alpha value is -1.60. The molecule has 0 saturated carbocycles. The Morgan fingerprint density at radius 2 is 2.38 bits per heavy atom. The summed E-state index contributed by atoms with van der Waals surface area (Å²) in [7, 11) is 0. The highest BCUT2D eigenvalue weighted by Crippen LogP contribution is 2.35. The molecule has 0 aromatic carbocycles. The van der Waals surface area contributed by atoms with Gasteiger partial charge >= 0.3 is 0 Å². The maximum absolute atomic E-state index is 8.65. The van der Waals surface area contributed by atoms with Gasteiger partial charge in [0.05, 0.1) is 30.1 Å². The second-order valence-electron chi connectivity index (χ2n) is 4.40. The molecule has 0 aliphatic carbocycles. The lowest BCUT2D eigenvalue weighted by molar-refractivity contribution is 0.102. The molecule has 2 aliphatic rings. The van der Waals surface area contributed by atoms with Crippen molar-refractivity contribution in [3.8, 4) is 6.07 Å². The van der Waals surface area contributed by atoms with Crippen LogP contribution in [-0.4, -0.2) is 23.2 Å². The molecular formula is C12H13N3O. The van der Waals surface area contributed by atoms with Crippen molar-refractivity contribution in [2.24, 2.45) is 0 Å². The number of fused-ring (bicyclic) bond motifs is 2. The topological polar surface area (TPSA) is 57.9 Å². The van der Waals surface area contributed by atoms with E-state index in [1.54, 1.807) is 12.3 Å². The van der Waals surface area contributed by atoms with Gasteiger partial charge in [0.15, 0.2) is 0 Å². The quantitative estimate of drug-likeness (QED) is 0.815. The van der Waals surface area contributed by atoms with Crippen molar-refractivity contribution in [2.45, 2.75) is 37.5 Å². The van der Waals surface area contributed by atoms with E-state index in [0.717, 1.165) is 18.5 Å². The Kier molecular flexibility index (Phi) is 2.26. The van der Waals surface area contributed by atoms with Crippen LogP contribution in [0.2, 0.25) is 0 Å². The molecule has 3 heterocycles. The molecule has 2 aliphatic heterocycles. The number of nitrogens with one attached hydrogen (secondary N) is 1. The highest BCUT2D eigenvalue weighted by atomic mass is 16.5. The maximum atomic E-state index is 8.65. The van der Waals surface area contributed by atoms with E-state index in [1.807, 2.05) is 12.1 Å². The predicted molar refractivity (Wildman–Crippen MR) is 58.9 cm³/mol. The molecule has 16 heavy (non-hydrogen) atoms. The number of hydrogen-bond acceptors (Lipinski definition) is 4. The Bertz CT molecular complexity index is 423. The highest BCUT2D eigenvalue weighted by molar-refractivity contribution is 5.44. The van der Waals surface area contributed by atoms with Crippen LogP contribution in [0.5, 0.6) is 0 Å². The van der Waals surface area contributed by atoms with Gasteiger partial charge in [-0.25, -0.2) is 4.98 Å². The predicted octanol–water partition coefficient (Wildman–Crippen LogP) is 1.69. The fourth-order valence-electron chi connectivity index (χ4n) is 2.55. The lowest BCUT2D eigenvalue weighted by atomic mass is 9.95. The van der Waals surface area contributed by atoms with Gasteiger partial charge in [-0.05, 0) is 31.4 Å². The molecule has 82 valence electrons. The van der Waals surface area contributed by atoms with Crippen molar-refractivity contribution in [1.82, 2.24) is 4.98 Å². The van der Waals surface area contributed by atoms with Crippen LogP contribution in [0.3, 0.4) is 0 Å². The van der Waals surface area contributed by atoms with Gasteiger partial charge in [0.1, 0.15) is 11.8 Å². The van der Waals surface area contributed by atoms with Gasteiger partial charge in [0, 0.05) is 0 Å². The largest absolute Gasteiger partial charge is 0.378 e. The van der Waals surface area contributed by atoms with Crippen LogP contribution in [-0.2, 0) is 4.74 Å². The summed E-state index contributed by atoms with van der Waals surface area (Å²) in [5.41, 5.74) is 1.43. The molecule has 3 atom stereocenters. The molecule has 2 saturated heterocycles. The summed E-state index contributed by atoms with van der Waals surface area (Å²) in [6.45, 7) is 0. The molecule has 2 fully saturated rings. The summed E-state index contributed by atoms with van der Waals surface area (Å²) in [5, 5.41) is 12.1. The first kappa shape index (κ1) is 9.61. The minimum atomic E-state index is 0.362. The highest BCUT2D eigenvalue weighted by Gasteiger charge is 2.40. The SMILES string of the molecule is N#Cc1ccc(N[C@H]2C[C@H]3CC[C@@H]2O3)cn1. The zero-order valence-electron chi connectivity index (χ0n) is 8.89. The first-order chi connectivity index (χ1) is 7.85. The van der Waals surface area contributed by atoms with Gasteiger partial charge in [0.25, 0.3) is 0 Å². The zero-order chi connectivity index (χ0) is 11.0. The lowest BCUT2D eigenvalue weighted by Gasteiger charge is -2.20. The molecule has 4 nitrogen and oxygen atoms in total. The zero-order valence-corrected chi connectivity index (χ0v) is 8.89. The first-order valence-corrected chi connectivity index (χ1v) is 5.63. The number of nitrogens with zero attached hydrogens (tertiary/aromatic N) is 2. The van der Waals surface area contributed by atoms with E-state index >= 15 is 0 Å². The fourth-order valence-corrected chi connectivity index (χ4v) is 2.55. The second kappa shape index (κ2) is 3.76. The Balaban J connectivity index is 1.68. The van der Waals surface area contributed by atoms with Crippen molar-refractivity contribution in [2.75, 3.05) is 5.32 Å². The monoisotopic (exact) mass is 215 g/mol. The maximum Gasteiger partial charge on any atom is 0.140 e. The van der Waals surface area contributed by atoms with E-state index in [0.29, 0.717) is 23.9 Å². The van der Waals surface area contributed by atoms with Crippen molar-refractivity contribution >= 4 is 5.69 Å². The third-order valence-electron chi connectivity index (χ3n) is 3.34. The summed E-state index contributed by atoms with van der Waals surface area (Å²) >= 11 is 0. The third kappa shape index (κ3) is 1.63. The number of ether oxygens (including phenoxy) is 1. The summed E-state index contributed by atoms with van der Waals surface area (Å²) in [4.78, 5) is 4.04. The summed E-state index contributed by atoms with van der Waals surface area (Å²) in [6, 6.07) is 6.05. The Morgan fingerprint density at radius 3 is 2.94 bits per heavy atom. The summed E-state index contributed by atoms with van der Waals surface area (Å²) < 4.78 is 5.77. The molecule has 1 aromatic heterocycles. The molecule has 0 spiro atoms. The van der Waals surface area contributed by atoms with Gasteiger partial charge in [-0.1, -0.05) is 0 Å². The van der Waals surface area contributed by atoms with Gasteiger partial charge in [-0.2, -0.15) is 5.26 Å². The molecule has 0 amide bonds. The Morgan fingerprint density at radius 1 is 1.44 bits per heavy atom. The summed E-state index contributed by atoms with van der Waals surface area (Å²) in [5.74, 6) is 0. The fraction of sp³-hybridized carbons (Fsp3) is 0.500. The number of nitriles is 1. The van der Waals surface area contributed by atoms with Crippen molar-refractivity contribution < 1.29 is 4.74 Å². The van der Waals surface area contributed by atoms with Crippen LogP contribution in [0.25, 0.3) is 0 Å². The lowest BCUT2D eigenvalue weighted by Crippen LogP contribution is -2.30. The van der Waals surface area contributed by atoms with E-state index in [4.69, 9.17) is 10.00 Å². The molecule has 4 heteroatoms. The van der Waals surface area contributed by atoms with Crippen LogP contribution < -0.4 is 5.32 Å². The third-order valence-corrected chi connectivity index (χ3v) is 3.34. The second-order valence-corrected chi connectivity index (χ2v) is 4.40. The van der Waals surface area contributed by atoms with E-state index in [-0.39, 0.29) is 0 Å². The van der Waals surface area contributed by atoms with E-state index in [2.05, 4.69) is 10.3 Å². The van der Waals surface area contributed by atoms with Crippen LogP contribution >= 0.6 is 0 Å². The minimum Gasteiger partial charge on any atom is -0.378 e. The number of rotatable bonds is 2. The van der Waals surface area contributed by atoms with E-state index < -0.39 is 0 Å². The van der Waals surface area contributed by atoms with Crippen LogP contribution in [0.1, 0.15) is 25.0 Å². The standard InChI is InChI=1S/C12H13N3O/c13-6-8-1-2-9(7-14-8)15-11-5-10-3-4-12(11)16-10/h1-2,7,10-12,15H,3-5H2/t10-,11+,12+/m1/s1. The number of pyridine rings is 1. The molecule has 0 radical (unpaired) electrons. The molecular weight excluding hydrogens is 202 g/mol. The van der Waals surface area contributed by atoms with E-state index in [1.165, 1.54) is 6.42 Å². The molecule has 3 rings (SSSR count). The molecule has 1 aromatic rings. The average molecular weight is 215 g/mol. The van der Waals surface area contributed by atoms with Gasteiger partial charge in [-0.15, -0.1) is 0 Å². The Labute approximate surface area is 94.2 Å². The molecule has 2 bridgehead atoms. The van der Waals surface area contributed by atoms with Crippen molar-refractivity contribution in [3.05, 3.63) is 24.0 Å². The van der Waals surface area contributed by atoms with Crippen LogP contribution in [0, 0.1) is 11.3 Å². The number of anilines is 1. The number of hydrogen-bond donors (Lipinski definition) is 1. The van der Waals surface area contributed by atoms with Gasteiger partial charge < -0.3 is 10.1 Å². The van der Waals surface area contributed by atoms with Crippen molar-refractivity contribution in [3.63, 3.8) is 0 Å². The normalized spacial score (nSPS) is 31.3. The van der Waals surface area contributed by atoms with Crippen molar-refractivity contribution in [1.29, 1.82) is 5.26 Å². The molecule has 1 N–H and O–H groups in total. The number of aromatic nitrogens is 1. The minimum absolute atomic E-state index is 0.362.